The first-order chi connectivity index (χ1) is 12.3. The molecule has 25 heavy (non-hydrogen) atoms. The van der Waals surface area contributed by atoms with E-state index in [1.165, 1.54) is 19.3 Å². The normalized spacial score (nSPS) is 22.1. The summed E-state index contributed by atoms with van der Waals surface area (Å²) in [7, 11) is 0. The second-order valence-corrected chi connectivity index (χ2v) is 6.69. The molecule has 4 rings (SSSR count). The van der Waals surface area contributed by atoms with Gasteiger partial charge in [-0.05, 0) is 12.8 Å². The molecule has 2 aromatic heterocycles. The molecule has 2 aromatic rings. The van der Waals surface area contributed by atoms with Crippen LogP contribution in [-0.2, 0) is 4.74 Å². The Hall–Kier alpha value is -2.28. The van der Waals surface area contributed by atoms with E-state index >= 15 is 0 Å². The maximum atomic E-state index is 12.8. The summed E-state index contributed by atoms with van der Waals surface area (Å²) in [5.41, 5.74) is 1.65. The van der Waals surface area contributed by atoms with Crippen LogP contribution in [-0.4, -0.2) is 45.6 Å². The van der Waals surface area contributed by atoms with Crippen molar-refractivity contribution in [3.63, 3.8) is 0 Å². The van der Waals surface area contributed by atoms with Gasteiger partial charge in [-0.1, -0.05) is 24.4 Å². The summed E-state index contributed by atoms with van der Waals surface area (Å²) in [6.07, 6.45) is 10.7. The molecule has 0 spiro atoms. The summed E-state index contributed by atoms with van der Waals surface area (Å²) in [5, 5.41) is 4.16. The van der Waals surface area contributed by atoms with Crippen LogP contribution in [0.3, 0.4) is 0 Å². The highest BCUT2D eigenvalue weighted by atomic mass is 16.5. The van der Waals surface area contributed by atoms with Crippen molar-refractivity contribution < 1.29 is 14.1 Å². The first kappa shape index (κ1) is 16.2. The van der Waals surface area contributed by atoms with Gasteiger partial charge in [-0.25, -0.2) is 0 Å². The molecule has 0 aromatic carbocycles. The number of carbonyl (C=O) groups excluding carboxylic acids is 1. The number of nitrogens with zero attached hydrogens (tertiary/aromatic N) is 4. The SMILES string of the molecule is O=C(c1cc(C2CCCCC2)no1)N1CCO[C@@H](c2cnccn2)C1. The Balaban J connectivity index is 1.44. The standard InChI is InChI=1S/C18H22N4O3/c23-18(16-10-14(21-25-16)13-4-2-1-3-5-13)22-8-9-24-17(12-22)15-11-19-6-7-20-15/h6-7,10-11,13,17H,1-5,8-9,12H2/t17-/m1/s1. The Morgan fingerprint density at radius 1 is 1.16 bits per heavy atom. The van der Waals surface area contributed by atoms with Gasteiger partial charge in [0.15, 0.2) is 0 Å². The smallest absolute Gasteiger partial charge is 0.292 e. The minimum Gasteiger partial charge on any atom is -0.368 e. The van der Waals surface area contributed by atoms with Gasteiger partial charge < -0.3 is 14.2 Å². The number of morpholine rings is 1. The predicted molar refractivity (Wildman–Crippen MR) is 89.0 cm³/mol. The lowest BCUT2D eigenvalue weighted by atomic mass is 9.87. The minimum absolute atomic E-state index is 0.133. The van der Waals surface area contributed by atoms with E-state index < -0.39 is 0 Å². The van der Waals surface area contributed by atoms with E-state index in [-0.39, 0.29) is 12.0 Å². The monoisotopic (exact) mass is 342 g/mol. The molecule has 1 saturated heterocycles. The third kappa shape index (κ3) is 3.56. The number of aromatic nitrogens is 3. The van der Waals surface area contributed by atoms with Crippen LogP contribution in [0.25, 0.3) is 0 Å². The van der Waals surface area contributed by atoms with Crippen LogP contribution >= 0.6 is 0 Å². The summed E-state index contributed by atoms with van der Waals surface area (Å²) in [5.74, 6) is 0.614. The van der Waals surface area contributed by atoms with Crippen molar-refractivity contribution >= 4 is 5.91 Å². The molecule has 7 heteroatoms. The lowest BCUT2D eigenvalue weighted by Gasteiger charge is -2.31. The highest BCUT2D eigenvalue weighted by Crippen LogP contribution is 2.32. The number of hydrogen-bond donors (Lipinski definition) is 0. The van der Waals surface area contributed by atoms with Crippen LogP contribution in [0.1, 0.15) is 66.1 Å². The Morgan fingerprint density at radius 3 is 2.84 bits per heavy atom. The Morgan fingerprint density at radius 2 is 2.04 bits per heavy atom. The molecule has 1 aliphatic heterocycles. The fourth-order valence-electron chi connectivity index (χ4n) is 3.63. The Labute approximate surface area is 146 Å². The van der Waals surface area contributed by atoms with E-state index in [4.69, 9.17) is 9.26 Å². The quantitative estimate of drug-likeness (QED) is 0.853. The van der Waals surface area contributed by atoms with Crippen LogP contribution in [0.4, 0.5) is 0 Å². The third-order valence-electron chi connectivity index (χ3n) is 5.03. The van der Waals surface area contributed by atoms with Gasteiger partial charge in [0, 0.05) is 30.9 Å². The molecule has 7 nitrogen and oxygen atoms in total. The van der Waals surface area contributed by atoms with Gasteiger partial charge in [0.25, 0.3) is 5.91 Å². The maximum Gasteiger partial charge on any atom is 0.292 e. The number of hydrogen-bond acceptors (Lipinski definition) is 6. The maximum absolute atomic E-state index is 12.8. The largest absolute Gasteiger partial charge is 0.368 e. The number of amides is 1. The van der Waals surface area contributed by atoms with E-state index in [0.717, 1.165) is 24.2 Å². The summed E-state index contributed by atoms with van der Waals surface area (Å²) in [4.78, 5) is 22.9. The zero-order valence-electron chi connectivity index (χ0n) is 14.1. The molecule has 0 unspecified atom stereocenters. The summed E-state index contributed by atoms with van der Waals surface area (Å²) >= 11 is 0. The topological polar surface area (TPSA) is 81.4 Å². The first-order valence-electron chi connectivity index (χ1n) is 8.94. The van der Waals surface area contributed by atoms with E-state index in [1.807, 2.05) is 6.07 Å². The minimum atomic E-state index is -0.257. The van der Waals surface area contributed by atoms with Gasteiger partial charge in [-0.2, -0.15) is 0 Å². The molecule has 1 amide bonds. The average molecular weight is 342 g/mol. The van der Waals surface area contributed by atoms with Crippen LogP contribution in [0.15, 0.2) is 29.2 Å². The van der Waals surface area contributed by atoms with E-state index in [0.29, 0.717) is 31.4 Å². The van der Waals surface area contributed by atoms with Crippen molar-refractivity contribution in [1.82, 2.24) is 20.0 Å². The highest BCUT2D eigenvalue weighted by Gasteiger charge is 2.30. The van der Waals surface area contributed by atoms with Gasteiger partial charge >= 0.3 is 0 Å². The molecule has 1 atom stereocenters. The second-order valence-electron chi connectivity index (χ2n) is 6.69. The Kier molecular flexibility index (Phi) is 4.74. The van der Waals surface area contributed by atoms with Crippen LogP contribution in [0.5, 0.6) is 0 Å². The molecule has 1 aliphatic carbocycles. The second kappa shape index (κ2) is 7.31. The lowest BCUT2D eigenvalue weighted by Crippen LogP contribution is -2.42. The molecular formula is C18H22N4O3. The van der Waals surface area contributed by atoms with Crippen molar-refractivity contribution in [2.45, 2.75) is 44.1 Å². The van der Waals surface area contributed by atoms with Gasteiger partial charge in [-0.3, -0.25) is 14.8 Å². The van der Waals surface area contributed by atoms with Crippen molar-refractivity contribution in [1.29, 1.82) is 0 Å². The van der Waals surface area contributed by atoms with Crippen molar-refractivity contribution in [2.75, 3.05) is 19.7 Å². The fourth-order valence-corrected chi connectivity index (χ4v) is 3.63. The Bertz CT molecular complexity index is 712. The fraction of sp³-hybridized carbons (Fsp3) is 0.556. The molecule has 2 fully saturated rings. The van der Waals surface area contributed by atoms with Crippen LogP contribution in [0.2, 0.25) is 0 Å². The summed E-state index contributed by atoms with van der Waals surface area (Å²) in [6.45, 7) is 1.45. The van der Waals surface area contributed by atoms with E-state index in [9.17, 15) is 4.79 Å². The van der Waals surface area contributed by atoms with Crippen LogP contribution in [0, 0.1) is 0 Å². The lowest BCUT2D eigenvalue weighted by molar-refractivity contribution is -0.0260. The molecule has 132 valence electrons. The number of ether oxygens (including phenoxy) is 1. The molecule has 2 aliphatic rings. The van der Waals surface area contributed by atoms with Gasteiger partial charge in [0.05, 0.1) is 30.7 Å². The third-order valence-corrected chi connectivity index (χ3v) is 5.03. The summed E-state index contributed by atoms with van der Waals surface area (Å²) in [6, 6.07) is 1.82. The van der Waals surface area contributed by atoms with E-state index in [2.05, 4.69) is 15.1 Å². The van der Waals surface area contributed by atoms with Crippen molar-refractivity contribution in [3.8, 4) is 0 Å². The highest BCUT2D eigenvalue weighted by molar-refractivity contribution is 5.91. The molecule has 1 saturated carbocycles. The molecule has 3 heterocycles. The zero-order chi connectivity index (χ0) is 17.1. The number of carbonyl (C=O) groups is 1. The van der Waals surface area contributed by atoms with Crippen molar-refractivity contribution in [2.24, 2.45) is 0 Å². The number of rotatable bonds is 3. The van der Waals surface area contributed by atoms with Gasteiger partial charge in [-0.15, -0.1) is 0 Å². The molecule has 0 N–H and O–H groups in total. The predicted octanol–water partition coefficient (Wildman–Crippen LogP) is 2.73. The van der Waals surface area contributed by atoms with Gasteiger partial charge in [0.1, 0.15) is 6.10 Å². The van der Waals surface area contributed by atoms with Crippen molar-refractivity contribution in [3.05, 3.63) is 41.8 Å². The van der Waals surface area contributed by atoms with E-state index in [1.54, 1.807) is 23.5 Å². The average Bonchev–Trinajstić information content (AvgIpc) is 3.19. The molecule has 0 radical (unpaired) electrons. The first-order valence-corrected chi connectivity index (χ1v) is 8.94. The molecule has 0 bridgehead atoms. The summed E-state index contributed by atoms with van der Waals surface area (Å²) < 4.78 is 11.1. The van der Waals surface area contributed by atoms with Crippen LogP contribution < -0.4 is 0 Å². The van der Waals surface area contributed by atoms with Gasteiger partial charge in [0.2, 0.25) is 5.76 Å². The zero-order valence-corrected chi connectivity index (χ0v) is 14.1. The molecular weight excluding hydrogens is 320 g/mol.